The van der Waals surface area contributed by atoms with Gasteiger partial charge < -0.3 is 14.8 Å². The van der Waals surface area contributed by atoms with E-state index in [1.165, 1.54) is 24.5 Å². The summed E-state index contributed by atoms with van der Waals surface area (Å²) in [7, 11) is 1.29. The molecule has 0 radical (unpaired) electrons. The molecule has 2 aromatic carbocycles. The molecule has 0 saturated heterocycles. The van der Waals surface area contributed by atoms with Crippen molar-refractivity contribution < 1.29 is 19.1 Å². The number of esters is 1. The van der Waals surface area contributed by atoms with Crippen molar-refractivity contribution in [1.29, 1.82) is 5.26 Å². The average Bonchev–Trinajstić information content (AvgIpc) is 3.17. The van der Waals surface area contributed by atoms with Crippen LogP contribution in [0.5, 0.6) is 5.75 Å². The van der Waals surface area contributed by atoms with Gasteiger partial charge >= 0.3 is 5.97 Å². The maximum Gasteiger partial charge on any atom is 0.341 e. The van der Waals surface area contributed by atoms with E-state index in [4.69, 9.17) is 9.47 Å². The third-order valence-corrected chi connectivity index (χ3v) is 6.41. The number of nitriles is 1. The van der Waals surface area contributed by atoms with Crippen molar-refractivity contribution in [2.24, 2.45) is 0 Å². The first-order valence-corrected chi connectivity index (χ1v) is 12.1. The first kappa shape index (κ1) is 25.2. The van der Waals surface area contributed by atoms with Crippen LogP contribution in [0.2, 0.25) is 0 Å². The maximum atomic E-state index is 12.9. The summed E-state index contributed by atoms with van der Waals surface area (Å²) in [5.41, 5.74) is 2.36. The van der Waals surface area contributed by atoms with Gasteiger partial charge in [0.2, 0.25) is 0 Å². The van der Waals surface area contributed by atoms with Crippen molar-refractivity contribution in [3.63, 3.8) is 0 Å². The number of aryl methyl sites for hydroxylation is 1. The average molecular weight is 539 g/mol. The summed E-state index contributed by atoms with van der Waals surface area (Å²) in [5.74, 6) is -0.454. The fraction of sp³-hybridized carbons (Fsp3) is 0.192. The fourth-order valence-corrected chi connectivity index (χ4v) is 4.58. The van der Waals surface area contributed by atoms with E-state index in [1.807, 2.05) is 44.2 Å². The molecular weight excluding hydrogens is 516 g/mol. The van der Waals surface area contributed by atoms with Gasteiger partial charge in [-0.2, -0.15) is 5.26 Å². The van der Waals surface area contributed by atoms with Gasteiger partial charge in [0.05, 0.1) is 13.7 Å². The smallest absolute Gasteiger partial charge is 0.341 e. The van der Waals surface area contributed by atoms with Gasteiger partial charge in [-0.3, -0.25) is 4.79 Å². The summed E-state index contributed by atoms with van der Waals surface area (Å²) in [6.07, 6.45) is 2.40. The minimum atomic E-state index is -0.609. The van der Waals surface area contributed by atoms with Gasteiger partial charge in [-0.25, -0.2) is 4.79 Å². The highest BCUT2D eigenvalue weighted by Gasteiger charge is 2.26. The van der Waals surface area contributed by atoms with Gasteiger partial charge in [-0.05, 0) is 54.8 Å². The molecule has 8 heteroatoms. The largest absolute Gasteiger partial charge is 0.494 e. The Hall–Kier alpha value is -3.41. The van der Waals surface area contributed by atoms with Crippen LogP contribution < -0.4 is 10.1 Å². The zero-order chi connectivity index (χ0) is 24.7. The Morgan fingerprint density at radius 2 is 1.82 bits per heavy atom. The lowest BCUT2D eigenvalue weighted by Gasteiger charge is -2.08. The van der Waals surface area contributed by atoms with E-state index in [1.54, 1.807) is 24.3 Å². The zero-order valence-corrected chi connectivity index (χ0v) is 21.4. The minimum Gasteiger partial charge on any atom is -0.494 e. The second-order valence-corrected chi connectivity index (χ2v) is 9.42. The molecule has 3 rings (SSSR count). The van der Waals surface area contributed by atoms with Crippen LogP contribution in [0.25, 0.3) is 17.2 Å². The van der Waals surface area contributed by atoms with Crippen LogP contribution in [0, 0.1) is 18.3 Å². The number of rotatable bonds is 8. The Labute approximate surface area is 211 Å². The molecule has 1 heterocycles. The van der Waals surface area contributed by atoms with Crippen LogP contribution in [0.4, 0.5) is 5.00 Å². The summed E-state index contributed by atoms with van der Waals surface area (Å²) >= 11 is 4.67. The molecule has 0 aliphatic heterocycles. The Kier molecular flexibility index (Phi) is 8.63. The third-order valence-electron chi connectivity index (χ3n) is 4.86. The number of hydrogen-bond acceptors (Lipinski definition) is 6. The number of amides is 1. The topological polar surface area (TPSA) is 88.4 Å². The highest BCUT2D eigenvalue weighted by atomic mass is 79.9. The van der Waals surface area contributed by atoms with Crippen molar-refractivity contribution in [1.82, 2.24) is 0 Å². The molecule has 0 atom stereocenters. The lowest BCUT2D eigenvalue weighted by atomic mass is 10.0. The number of nitrogens with one attached hydrogen (secondary N) is 1. The molecule has 0 aliphatic rings. The molecule has 0 unspecified atom stereocenters. The van der Waals surface area contributed by atoms with E-state index in [2.05, 4.69) is 21.2 Å². The second kappa shape index (κ2) is 11.6. The standard InChI is InChI=1S/C26H23BrN2O4S/c1-4-13-33-21-11-5-17(6-12-21)14-19(15-28)24(30)29-25-23(26(31)32-3)22(16(2)34-25)18-7-9-20(27)10-8-18/h5-12,14H,4,13H2,1-3H3,(H,29,30)/b19-14+. The maximum absolute atomic E-state index is 12.9. The molecular formula is C26H23BrN2O4S. The second-order valence-electron chi connectivity index (χ2n) is 7.28. The first-order valence-electron chi connectivity index (χ1n) is 10.5. The number of anilines is 1. The predicted molar refractivity (Wildman–Crippen MR) is 138 cm³/mol. The number of hydrogen-bond donors (Lipinski definition) is 1. The van der Waals surface area contributed by atoms with Gasteiger partial charge in [-0.1, -0.05) is 47.1 Å². The fourth-order valence-electron chi connectivity index (χ4n) is 3.26. The molecule has 6 nitrogen and oxygen atoms in total. The normalized spacial score (nSPS) is 11.0. The number of nitrogens with zero attached hydrogens (tertiary/aromatic N) is 1. The Bertz CT molecular complexity index is 1260. The minimum absolute atomic E-state index is 0.0886. The van der Waals surface area contributed by atoms with E-state index >= 15 is 0 Å². The van der Waals surface area contributed by atoms with E-state index in [-0.39, 0.29) is 11.1 Å². The quantitative estimate of drug-likeness (QED) is 0.198. The van der Waals surface area contributed by atoms with Gasteiger partial charge in [-0.15, -0.1) is 11.3 Å². The summed E-state index contributed by atoms with van der Waals surface area (Å²) in [5, 5.41) is 12.7. The molecule has 3 aromatic rings. The van der Waals surface area contributed by atoms with Crippen LogP contribution in [0.3, 0.4) is 0 Å². The summed E-state index contributed by atoms with van der Waals surface area (Å²) in [4.78, 5) is 26.4. The van der Waals surface area contributed by atoms with Crippen molar-refractivity contribution >= 4 is 50.2 Å². The highest BCUT2D eigenvalue weighted by Crippen LogP contribution is 2.40. The van der Waals surface area contributed by atoms with Crippen molar-refractivity contribution in [2.75, 3.05) is 19.0 Å². The third kappa shape index (κ3) is 5.93. The number of thiophene rings is 1. The molecule has 1 aromatic heterocycles. The Morgan fingerprint density at radius 3 is 2.41 bits per heavy atom. The summed E-state index contributed by atoms with van der Waals surface area (Å²) in [6.45, 7) is 4.51. The number of carbonyl (C=O) groups is 2. The van der Waals surface area contributed by atoms with Crippen molar-refractivity contribution in [3.05, 3.63) is 74.6 Å². The van der Waals surface area contributed by atoms with Crippen molar-refractivity contribution in [2.45, 2.75) is 20.3 Å². The van der Waals surface area contributed by atoms with Crippen molar-refractivity contribution in [3.8, 4) is 22.9 Å². The highest BCUT2D eigenvalue weighted by molar-refractivity contribution is 9.10. The summed E-state index contributed by atoms with van der Waals surface area (Å²) < 4.78 is 11.5. The first-order chi connectivity index (χ1) is 16.4. The number of benzene rings is 2. The monoisotopic (exact) mass is 538 g/mol. The summed E-state index contributed by atoms with van der Waals surface area (Å²) in [6, 6.07) is 16.6. The molecule has 0 aliphatic carbocycles. The van der Waals surface area contributed by atoms with Crippen LogP contribution in [0.15, 0.2) is 58.6 Å². The van der Waals surface area contributed by atoms with Gasteiger partial charge in [0.1, 0.15) is 28.0 Å². The molecule has 0 bridgehead atoms. The molecule has 1 amide bonds. The van der Waals surface area contributed by atoms with Gasteiger partial charge in [0, 0.05) is 14.9 Å². The van der Waals surface area contributed by atoms with E-state index < -0.39 is 11.9 Å². The lowest BCUT2D eigenvalue weighted by molar-refractivity contribution is -0.112. The van der Waals surface area contributed by atoms with E-state index in [9.17, 15) is 14.9 Å². The SMILES string of the molecule is CCCOc1ccc(/C=C(\C#N)C(=O)Nc2sc(C)c(-c3ccc(Br)cc3)c2C(=O)OC)cc1. The van der Waals surface area contributed by atoms with Crippen LogP contribution in [-0.2, 0) is 9.53 Å². The molecule has 0 saturated carbocycles. The molecule has 34 heavy (non-hydrogen) atoms. The van der Waals surface area contributed by atoms with Crippen LogP contribution in [-0.4, -0.2) is 25.6 Å². The number of carbonyl (C=O) groups excluding carboxylic acids is 2. The van der Waals surface area contributed by atoms with Gasteiger partial charge in [0.25, 0.3) is 5.91 Å². The number of halogens is 1. The number of ether oxygens (including phenoxy) is 2. The van der Waals surface area contributed by atoms with E-state index in [0.29, 0.717) is 22.7 Å². The lowest BCUT2D eigenvalue weighted by Crippen LogP contribution is -2.15. The van der Waals surface area contributed by atoms with Crippen LogP contribution in [0.1, 0.15) is 34.1 Å². The van der Waals surface area contributed by atoms with E-state index in [0.717, 1.165) is 27.1 Å². The Morgan fingerprint density at radius 1 is 1.15 bits per heavy atom. The van der Waals surface area contributed by atoms with Crippen LogP contribution >= 0.6 is 27.3 Å². The number of methoxy groups -OCH3 is 1. The molecule has 0 spiro atoms. The zero-order valence-electron chi connectivity index (χ0n) is 19.0. The molecule has 1 N–H and O–H groups in total. The molecule has 0 fully saturated rings. The molecule has 174 valence electrons. The Balaban J connectivity index is 1.91. The predicted octanol–water partition coefficient (Wildman–Crippen LogP) is 6.61. The van der Waals surface area contributed by atoms with Gasteiger partial charge in [0.15, 0.2) is 0 Å².